The molecule has 2 N–H and O–H groups in total. The molecular weight excluding hydrogens is 253 g/mol. The summed E-state index contributed by atoms with van der Waals surface area (Å²) in [7, 11) is 1.79. The van der Waals surface area contributed by atoms with Gasteiger partial charge in [0, 0.05) is 16.0 Å². The van der Waals surface area contributed by atoms with Gasteiger partial charge in [-0.05, 0) is 30.8 Å². The number of benzene rings is 1. The summed E-state index contributed by atoms with van der Waals surface area (Å²) < 4.78 is 0.875. The van der Waals surface area contributed by atoms with Crippen LogP contribution in [-0.4, -0.2) is 18.7 Å². The predicted molar refractivity (Wildman–Crippen MR) is 58.0 cm³/mol. The van der Waals surface area contributed by atoms with E-state index in [2.05, 4.69) is 21.2 Å². The molecule has 13 heavy (non-hydrogen) atoms. The summed E-state index contributed by atoms with van der Waals surface area (Å²) >= 11 is 9.16. The van der Waals surface area contributed by atoms with Gasteiger partial charge in [0.1, 0.15) is 0 Å². The van der Waals surface area contributed by atoms with Gasteiger partial charge in [0.15, 0.2) is 0 Å². The maximum Gasteiger partial charge on any atom is 0.0925 e. The fraction of sp³-hybridized carbons (Fsp3) is 0.333. The summed E-state index contributed by atoms with van der Waals surface area (Å²) in [6, 6.07) is 5.37. The molecule has 0 bridgehead atoms. The van der Waals surface area contributed by atoms with Crippen molar-refractivity contribution in [1.29, 1.82) is 0 Å². The second-order valence-electron chi connectivity index (χ2n) is 2.74. The van der Waals surface area contributed by atoms with Gasteiger partial charge in [0.25, 0.3) is 0 Å². The monoisotopic (exact) mass is 263 g/mol. The molecule has 1 aromatic rings. The Balaban J connectivity index is 2.91. The summed E-state index contributed by atoms with van der Waals surface area (Å²) in [5, 5.41) is 13.2. The summed E-state index contributed by atoms with van der Waals surface area (Å²) in [6.07, 6.45) is -0.530. The molecule has 2 nitrogen and oxygen atoms in total. The molecule has 1 unspecified atom stereocenters. The van der Waals surface area contributed by atoms with Crippen molar-refractivity contribution in [2.24, 2.45) is 0 Å². The minimum absolute atomic E-state index is 0.513. The van der Waals surface area contributed by atoms with Crippen LogP contribution in [-0.2, 0) is 0 Å². The van der Waals surface area contributed by atoms with Gasteiger partial charge in [-0.1, -0.05) is 27.5 Å². The lowest BCUT2D eigenvalue weighted by Crippen LogP contribution is -2.16. The standard InChI is InChI=1S/C9H11BrClNO/c1-12-5-9(13)7-4-6(11)2-3-8(7)10/h2-4,9,12-13H,5H2,1H3. The van der Waals surface area contributed by atoms with Gasteiger partial charge >= 0.3 is 0 Å². The van der Waals surface area contributed by atoms with Crippen molar-refractivity contribution in [3.05, 3.63) is 33.3 Å². The predicted octanol–water partition coefficient (Wildman–Crippen LogP) is 2.36. The number of likely N-dealkylation sites (N-methyl/N-ethyl adjacent to an activating group) is 1. The highest BCUT2D eigenvalue weighted by molar-refractivity contribution is 9.10. The molecule has 4 heteroatoms. The molecule has 72 valence electrons. The molecule has 0 fully saturated rings. The van der Waals surface area contributed by atoms with E-state index in [-0.39, 0.29) is 0 Å². The third-order valence-corrected chi connectivity index (χ3v) is 2.67. The van der Waals surface area contributed by atoms with E-state index >= 15 is 0 Å². The Morgan fingerprint density at radius 3 is 2.92 bits per heavy atom. The van der Waals surface area contributed by atoms with Crippen LogP contribution in [0.25, 0.3) is 0 Å². The molecule has 0 radical (unpaired) electrons. The average molecular weight is 265 g/mol. The Kier molecular flexibility index (Phi) is 4.19. The van der Waals surface area contributed by atoms with E-state index in [1.807, 2.05) is 6.07 Å². The van der Waals surface area contributed by atoms with E-state index in [0.29, 0.717) is 11.6 Å². The average Bonchev–Trinajstić information content (AvgIpc) is 2.09. The summed E-state index contributed by atoms with van der Waals surface area (Å²) in [6.45, 7) is 0.513. The van der Waals surface area contributed by atoms with Crippen molar-refractivity contribution in [2.45, 2.75) is 6.10 Å². The lowest BCUT2D eigenvalue weighted by atomic mass is 10.1. The van der Waals surface area contributed by atoms with E-state index < -0.39 is 6.10 Å². The first-order valence-electron chi connectivity index (χ1n) is 3.92. The minimum Gasteiger partial charge on any atom is -0.387 e. The Morgan fingerprint density at radius 1 is 1.62 bits per heavy atom. The fourth-order valence-corrected chi connectivity index (χ4v) is 1.76. The van der Waals surface area contributed by atoms with Crippen LogP contribution in [0.15, 0.2) is 22.7 Å². The minimum atomic E-state index is -0.530. The van der Waals surface area contributed by atoms with Crippen molar-refractivity contribution < 1.29 is 5.11 Å². The number of nitrogens with one attached hydrogen (secondary N) is 1. The van der Waals surface area contributed by atoms with Crippen LogP contribution in [0.1, 0.15) is 11.7 Å². The topological polar surface area (TPSA) is 32.3 Å². The lowest BCUT2D eigenvalue weighted by molar-refractivity contribution is 0.177. The smallest absolute Gasteiger partial charge is 0.0925 e. The van der Waals surface area contributed by atoms with Crippen LogP contribution < -0.4 is 5.32 Å². The number of hydrogen-bond donors (Lipinski definition) is 2. The highest BCUT2D eigenvalue weighted by atomic mass is 79.9. The molecule has 0 aliphatic carbocycles. The molecule has 1 atom stereocenters. The van der Waals surface area contributed by atoms with E-state index in [0.717, 1.165) is 10.0 Å². The Hall–Kier alpha value is -0.0900. The fourth-order valence-electron chi connectivity index (χ4n) is 1.07. The van der Waals surface area contributed by atoms with Crippen molar-refractivity contribution >= 4 is 27.5 Å². The Labute approximate surface area is 91.0 Å². The van der Waals surface area contributed by atoms with E-state index in [1.54, 1.807) is 19.2 Å². The van der Waals surface area contributed by atoms with Crippen LogP contribution in [0.5, 0.6) is 0 Å². The van der Waals surface area contributed by atoms with Gasteiger partial charge in [-0.2, -0.15) is 0 Å². The highest BCUT2D eigenvalue weighted by Gasteiger charge is 2.10. The quantitative estimate of drug-likeness (QED) is 0.878. The lowest BCUT2D eigenvalue weighted by Gasteiger charge is -2.12. The molecular formula is C9H11BrClNO. The number of rotatable bonds is 3. The van der Waals surface area contributed by atoms with Crippen LogP contribution >= 0.6 is 27.5 Å². The van der Waals surface area contributed by atoms with Gasteiger partial charge in [-0.15, -0.1) is 0 Å². The zero-order valence-corrected chi connectivity index (χ0v) is 9.56. The highest BCUT2D eigenvalue weighted by Crippen LogP contribution is 2.26. The van der Waals surface area contributed by atoms with Gasteiger partial charge in [-0.3, -0.25) is 0 Å². The maximum absolute atomic E-state index is 9.67. The molecule has 0 aliphatic rings. The number of aliphatic hydroxyl groups excluding tert-OH is 1. The summed E-state index contributed by atoms with van der Waals surface area (Å²) in [4.78, 5) is 0. The second kappa shape index (κ2) is 4.96. The zero-order chi connectivity index (χ0) is 9.84. The van der Waals surface area contributed by atoms with Gasteiger partial charge in [-0.25, -0.2) is 0 Å². The van der Waals surface area contributed by atoms with Crippen LogP contribution in [0.4, 0.5) is 0 Å². The van der Waals surface area contributed by atoms with E-state index in [4.69, 9.17) is 11.6 Å². The molecule has 0 amide bonds. The largest absolute Gasteiger partial charge is 0.387 e. The molecule has 0 heterocycles. The Morgan fingerprint density at radius 2 is 2.31 bits per heavy atom. The summed E-state index contributed by atoms with van der Waals surface area (Å²) in [5.74, 6) is 0. The van der Waals surface area contributed by atoms with Crippen LogP contribution in [0.2, 0.25) is 5.02 Å². The first-order chi connectivity index (χ1) is 6.15. The molecule has 0 spiro atoms. The number of halogens is 2. The van der Waals surface area contributed by atoms with Gasteiger partial charge < -0.3 is 10.4 Å². The molecule has 1 aromatic carbocycles. The first kappa shape index (κ1) is 11.0. The van der Waals surface area contributed by atoms with Gasteiger partial charge in [0.2, 0.25) is 0 Å². The molecule has 1 rings (SSSR count). The molecule has 0 aromatic heterocycles. The van der Waals surface area contributed by atoms with Crippen molar-refractivity contribution in [1.82, 2.24) is 5.32 Å². The molecule has 0 saturated heterocycles. The third kappa shape index (κ3) is 2.95. The number of hydrogen-bond acceptors (Lipinski definition) is 2. The van der Waals surface area contributed by atoms with E-state index in [1.165, 1.54) is 0 Å². The summed E-state index contributed by atoms with van der Waals surface area (Å²) in [5.41, 5.74) is 0.807. The van der Waals surface area contributed by atoms with Crippen molar-refractivity contribution in [3.8, 4) is 0 Å². The van der Waals surface area contributed by atoms with Crippen molar-refractivity contribution in [3.63, 3.8) is 0 Å². The second-order valence-corrected chi connectivity index (χ2v) is 4.03. The normalized spacial score (nSPS) is 12.9. The number of aliphatic hydroxyl groups is 1. The molecule has 0 aliphatic heterocycles. The van der Waals surface area contributed by atoms with Crippen molar-refractivity contribution in [2.75, 3.05) is 13.6 Å². The third-order valence-electron chi connectivity index (χ3n) is 1.71. The Bertz CT molecular complexity index is 293. The van der Waals surface area contributed by atoms with Crippen LogP contribution in [0, 0.1) is 0 Å². The van der Waals surface area contributed by atoms with Gasteiger partial charge in [0.05, 0.1) is 6.10 Å². The van der Waals surface area contributed by atoms with Crippen LogP contribution in [0.3, 0.4) is 0 Å². The first-order valence-corrected chi connectivity index (χ1v) is 5.10. The zero-order valence-electron chi connectivity index (χ0n) is 7.22. The maximum atomic E-state index is 9.67. The SMILES string of the molecule is CNCC(O)c1cc(Cl)ccc1Br. The van der Waals surface area contributed by atoms with E-state index in [9.17, 15) is 5.11 Å². The molecule has 0 saturated carbocycles.